The van der Waals surface area contributed by atoms with Gasteiger partial charge in [0.2, 0.25) is 0 Å². The predicted octanol–water partition coefficient (Wildman–Crippen LogP) is 3.97. The third-order valence-electron chi connectivity index (χ3n) is 7.20. The van der Waals surface area contributed by atoms with E-state index in [1.165, 1.54) is 18.9 Å². The predicted molar refractivity (Wildman–Crippen MR) is 118 cm³/mol. The number of fused-ring (bicyclic) bond motifs is 2. The number of nitriles is 1. The summed E-state index contributed by atoms with van der Waals surface area (Å²) in [6.45, 7) is 2.69. The molecule has 1 saturated carbocycles. The van der Waals surface area contributed by atoms with Crippen molar-refractivity contribution in [3.63, 3.8) is 0 Å². The normalized spacial score (nSPS) is 22.1. The summed E-state index contributed by atoms with van der Waals surface area (Å²) in [7, 11) is 0. The van der Waals surface area contributed by atoms with Crippen molar-refractivity contribution in [3.8, 4) is 17.3 Å². The maximum atomic E-state index is 14.5. The first kappa shape index (κ1) is 20.5. The zero-order valence-corrected chi connectivity index (χ0v) is 18.1. The first-order valence-corrected chi connectivity index (χ1v) is 11.5. The molecule has 0 spiro atoms. The summed E-state index contributed by atoms with van der Waals surface area (Å²) in [6.07, 6.45) is 2.56. The summed E-state index contributed by atoms with van der Waals surface area (Å²) in [5.41, 5.74) is 5.07. The second kappa shape index (κ2) is 7.75. The second-order valence-corrected chi connectivity index (χ2v) is 9.51. The molecule has 2 heterocycles. The molecule has 3 aliphatic rings. The Balaban J connectivity index is 1.49. The van der Waals surface area contributed by atoms with Gasteiger partial charge in [-0.25, -0.2) is 8.78 Å². The molecular weight excluding hydrogens is 422 g/mol. The van der Waals surface area contributed by atoms with E-state index in [0.29, 0.717) is 16.7 Å². The lowest BCUT2D eigenvalue weighted by molar-refractivity contribution is 0.135. The minimum absolute atomic E-state index is 0.133. The molecule has 7 heteroatoms. The molecule has 2 atom stereocenters. The lowest BCUT2D eigenvalue weighted by atomic mass is 9.99. The van der Waals surface area contributed by atoms with Crippen molar-refractivity contribution in [2.24, 2.45) is 5.92 Å². The Kier molecular flexibility index (Phi) is 4.82. The van der Waals surface area contributed by atoms with Crippen LogP contribution < -0.4 is 0 Å². The fourth-order valence-electron chi connectivity index (χ4n) is 5.45. The van der Waals surface area contributed by atoms with Crippen molar-refractivity contribution in [1.82, 2.24) is 14.7 Å². The van der Waals surface area contributed by atoms with Gasteiger partial charge in [0.25, 0.3) is 0 Å². The molecule has 3 aromatic rings. The van der Waals surface area contributed by atoms with Crippen molar-refractivity contribution < 1.29 is 13.9 Å². The van der Waals surface area contributed by atoms with Crippen LogP contribution >= 0.6 is 0 Å². The summed E-state index contributed by atoms with van der Waals surface area (Å²) in [5, 5.41) is 25.2. The van der Waals surface area contributed by atoms with E-state index in [1.54, 1.807) is 10.7 Å². The molecule has 1 N–H and O–H groups in total. The number of nitrogens with zero attached hydrogens (tertiary/aromatic N) is 4. The molecule has 0 radical (unpaired) electrons. The fraction of sp³-hybridized carbons (Fsp3) is 0.385. The highest BCUT2D eigenvalue weighted by Crippen LogP contribution is 2.41. The van der Waals surface area contributed by atoms with Gasteiger partial charge in [-0.1, -0.05) is 12.1 Å². The van der Waals surface area contributed by atoms with Crippen molar-refractivity contribution in [2.75, 3.05) is 13.1 Å². The molecule has 168 valence electrons. The number of aromatic nitrogens is 2. The highest BCUT2D eigenvalue weighted by Gasteiger charge is 2.39. The van der Waals surface area contributed by atoms with Gasteiger partial charge >= 0.3 is 0 Å². The summed E-state index contributed by atoms with van der Waals surface area (Å²) in [6, 6.07) is 11.1. The second-order valence-electron chi connectivity index (χ2n) is 9.51. The van der Waals surface area contributed by atoms with Crippen LogP contribution in [0.25, 0.3) is 11.3 Å². The fourth-order valence-corrected chi connectivity index (χ4v) is 5.45. The Hall–Kier alpha value is -3.08. The van der Waals surface area contributed by atoms with Gasteiger partial charge in [-0.3, -0.25) is 9.58 Å². The SMILES string of the molecule is N#Cc1cccc(-c2nn(C3c4cc(F)cc(F)c4CC3O)c3c2CN(CC2CC2)CC3)c1. The Labute approximate surface area is 190 Å². The lowest BCUT2D eigenvalue weighted by Gasteiger charge is -2.29. The molecule has 2 unspecified atom stereocenters. The smallest absolute Gasteiger partial charge is 0.129 e. The van der Waals surface area contributed by atoms with Gasteiger partial charge in [0.1, 0.15) is 17.7 Å². The number of halogens is 2. The van der Waals surface area contributed by atoms with Crippen LogP contribution in [0.5, 0.6) is 0 Å². The molecule has 1 aromatic heterocycles. The first-order valence-electron chi connectivity index (χ1n) is 11.5. The van der Waals surface area contributed by atoms with E-state index >= 15 is 0 Å². The first-order chi connectivity index (χ1) is 16.0. The van der Waals surface area contributed by atoms with E-state index in [2.05, 4.69) is 11.0 Å². The summed E-state index contributed by atoms with van der Waals surface area (Å²) >= 11 is 0. The highest BCUT2D eigenvalue weighted by atomic mass is 19.1. The summed E-state index contributed by atoms with van der Waals surface area (Å²) < 4.78 is 30.4. The largest absolute Gasteiger partial charge is 0.390 e. The Morgan fingerprint density at radius 1 is 1.15 bits per heavy atom. The van der Waals surface area contributed by atoms with E-state index in [1.807, 2.05) is 18.2 Å². The summed E-state index contributed by atoms with van der Waals surface area (Å²) in [5.74, 6) is -0.504. The molecule has 5 nitrogen and oxygen atoms in total. The zero-order chi connectivity index (χ0) is 22.7. The topological polar surface area (TPSA) is 65.1 Å². The number of aliphatic hydroxyl groups is 1. The standard InChI is InChI=1S/C26H24F2N4O/c27-18-9-20-19(22(28)10-18)11-24(33)26(20)32-23-6-7-31(13-15-4-5-15)14-21(23)25(30-32)17-3-1-2-16(8-17)12-29/h1-3,8-10,15,24,26,33H,4-7,11,13-14H2. The van der Waals surface area contributed by atoms with Gasteiger partial charge in [0.15, 0.2) is 0 Å². The van der Waals surface area contributed by atoms with E-state index < -0.39 is 23.8 Å². The average molecular weight is 447 g/mol. The van der Waals surface area contributed by atoms with Crippen molar-refractivity contribution in [3.05, 3.63) is 76.0 Å². The minimum Gasteiger partial charge on any atom is -0.390 e. The van der Waals surface area contributed by atoms with Crippen LogP contribution in [0.4, 0.5) is 8.78 Å². The van der Waals surface area contributed by atoms with Crippen LogP contribution in [-0.2, 0) is 19.4 Å². The molecule has 0 bridgehead atoms. The highest BCUT2D eigenvalue weighted by molar-refractivity contribution is 5.66. The third-order valence-corrected chi connectivity index (χ3v) is 7.20. The quantitative estimate of drug-likeness (QED) is 0.659. The monoisotopic (exact) mass is 446 g/mol. The van der Waals surface area contributed by atoms with Crippen LogP contribution in [0.1, 0.15) is 46.8 Å². The maximum Gasteiger partial charge on any atom is 0.129 e. The van der Waals surface area contributed by atoms with Gasteiger partial charge in [-0.2, -0.15) is 10.4 Å². The van der Waals surface area contributed by atoms with E-state index in [9.17, 15) is 19.1 Å². The number of aliphatic hydroxyl groups excluding tert-OH is 1. The molecule has 2 aromatic carbocycles. The zero-order valence-electron chi connectivity index (χ0n) is 18.1. The van der Waals surface area contributed by atoms with E-state index in [-0.39, 0.29) is 6.42 Å². The Bertz CT molecular complexity index is 1290. The minimum atomic E-state index is -0.886. The number of hydrogen-bond donors (Lipinski definition) is 1. The van der Waals surface area contributed by atoms with Crippen molar-refractivity contribution >= 4 is 0 Å². The van der Waals surface area contributed by atoms with Gasteiger partial charge in [0, 0.05) is 55.4 Å². The van der Waals surface area contributed by atoms with Gasteiger partial charge < -0.3 is 5.11 Å². The van der Waals surface area contributed by atoms with E-state index in [4.69, 9.17) is 5.10 Å². The molecule has 2 aliphatic carbocycles. The van der Waals surface area contributed by atoms with Crippen molar-refractivity contribution in [2.45, 2.75) is 44.4 Å². The lowest BCUT2D eigenvalue weighted by Crippen LogP contribution is -2.34. The van der Waals surface area contributed by atoms with Crippen LogP contribution in [0, 0.1) is 28.9 Å². The van der Waals surface area contributed by atoms with Crippen LogP contribution in [0.2, 0.25) is 0 Å². The molecule has 0 saturated heterocycles. The Morgan fingerprint density at radius 3 is 2.79 bits per heavy atom. The van der Waals surface area contributed by atoms with Gasteiger partial charge in [0.05, 0.1) is 23.4 Å². The number of hydrogen-bond acceptors (Lipinski definition) is 4. The maximum absolute atomic E-state index is 14.5. The summed E-state index contributed by atoms with van der Waals surface area (Å²) in [4.78, 5) is 2.45. The van der Waals surface area contributed by atoms with Crippen molar-refractivity contribution in [1.29, 1.82) is 5.26 Å². The molecule has 33 heavy (non-hydrogen) atoms. The third kappa shape index (κ3) is 3.54. The van der Waals surface area contributed by atoms with Crippen LogP contribution in [-0.4, -0.2) is 39.0 Å². The van der Waals surface area contributed by atoms with Gasteiger partial charge in [-0.15, -0.1) is 0 Å². The van der Waals surface area contributed by atoms with Crippen LogP contribution in [0.3, 0.4) is 0 Å². The molecule has 6 rings (SSSR count). The molecule has 0 amide bonds. The number of benzene rings is 2. The molecule has 1 aliphatic heterocycles. The number of rotatable bonds is 4. The average Bonchev–Trinajstić information content (AvgIpc) is 3.45. The van der Waals surface area contributed by atoms with E-state index in [0.717, 1.165) is 60.6 Å². The molecule has 1 fully saturated rings. The van der Waals surface area contributed by atoms with Gasteiger partial charge in [-0.05, 0) is 48.1 Å². The van der Waals surface area contributed by atoms with Crippen LogP contribution in [0.15, 0.2) is 36.4 Å². The molecular formula is C26H24F2N4O. The Morgan fingerprint density at radius 2 is 2.00 bits per heavy atom.